The summed E-state index contributed by atoms with van der Waals surface area (Å²) >= 11 is 0. The summed E-state index contributed by atoms with van der Waals surface area (Å²) in [6.07, 6.45) is 3.48. The Morgan fingerprint density at radius 3 is 2.59 bits per heavy atom. The number of hydrogen-bond donors (Lipinski definition) is 3. The van der Waals surface area contributed by atoms with Crippen LogP contribution in [0.15, 0.2) is 48.8 Å². The van der Waals surface area contributed by atoms with E-state index in [1.54, 1.807) is 18.5 Å². The van der Waals surface area contributed by atoms with Crippen molar-refractivity contribution in [3.63, 3.8) is 0 Å². The van der Waals surface area contributed by atoms with Crippen LogP contribution in [0.1, 0.15) is 12.0 Å². The van der Waals surface area contributed by atoms with Gasteiger partial charge in [-0.2, -0.15) is 0 Å². The van der Waals surface area contributed by atoms with Gasteiger partial charge in [-0.05, 0) is 30.7 Å². The molecule has 0 aliphatic heterocycles. The zero-order chi connectivity index (χ0) is 15.8. The number of benzene rings is 1. The van der Waals surface area contributed by atoms with Gasteiger partial charge in [-0.15, -0.1) is 0 Å². The van der Waals surface area contributed by atoms with Crippen molar-refractivity contribution in [1.82, 2.24) is 10.3 Å². The van der Waals surface area contributed by atoms with Crippen LogP contribution in [0.2, 0.25) is 0 Å². The van der Waals surface area contributed by atoms with E-state index >= 15 is 0 Å². The molecule has 0 aliphatic carbocycles. The standard InChI is InChI=1S/C16H18N4O2/c1-12-11-17-9-7-14(12)20-16(22)18-10-8-15(21)19-13-5-3-2-4-6-13/h2-7,9,11H,8,10H2,1H3,(H,19,21)(H2,17,18,20,22). The van der Waals surface area contributed by atoms with Gasteiger partial charge in [0.15, 0.2) is 0 Å². The van der Waals surface area contributed by atoms with Gasteiger partial charge in [0.25, 0.3) is 0 Å². The van der Waals surface area contributed by atoms with Crippen LogP contribution in [0.25, 0.3) is 0 Å². The van der Waals surface area contributed by atoms with E-state index in [4.69, 9.17) is 0 Å². The Labute approximate surface area is 129 Å². The van der Waals surface area contributed by atoms with E-state index in [1.165, 1.54) is 0 Å². The van der Waals surface area contributed by atoms with Crippen molar-refractivity contribution in [2.24, 2.45) is 0 Å². The summed E-state index contributed by atoms with van der Waals surface area (Å²) in [5.74, 6) is -0.147. The zero-order valence-corrected chi connectivity index (χ0v) is 12.3. The van der Waals surface area contributed by atoms with Gasteiger partial charge >= 0.3 is 6.03 Å². The molecule has 0 saturated heterocycles. The van der Waals surface area contributed by atoms with Crippen molar-refractivity contribution in [3.8, 4) is 0 Å². The Morgan fingerprint density at radius 1 is 1.09 bits per heavy atom. The van der Waals surface area contributed by atoms with Crippen molar-refractivity contribution >= 4 is 23.3 Å². The van der Waals surface area contributed by atoms with Crippen molar-refractivity contribution < 1.29 is 9.59 Å². The molecule has 0 atom stereocenters. The Bertz CT molecular complexity index is 644. The molecule has 2 aromatic rings. The first-order chi connectivity index (χ1) is 10.6. The summed E-state index contributed by atoms with van der Waals surface area (Å²) in [6.45, 7) is 2.12. The fraction of sp³-hybridized carbons (Fsp3) is 0.188. The first-order valence-corrected chi connectivity index (χ1v) is 6.95. The van der Waals surface area contributed by atoms with Crippen LogP contribution in [-0.4, -0.2) is 23.5 Å². The van der Waals surface area contributed by atoms with Crippen molar-refractivity contribution in [2.45, 2.75) is 13.3 Å². The SMILES string of the molecule is Cc1cnccc1NC(=O)NCCC(=O)Nc1ccccc1. The Morgan fingerprint density at radius 2 is 1.86 bits per heavy atom. The van der Waals surface area contributed by atoms with Gasteiger partial charge in [-0.1, -0.05) is 18.2 Å². The fourth-order valence-corrected chi connectivity index (χ4v) is 1.81. The minimum Gasteiger partial charge on any atom is -0.337 e. The molecule has 22 heavy (non-hydrogen) atoms. The summed E-state index contributed by atoms with van der Waals surface area (Å²) in [6, 6.07) is 10.6. The Hall–Kier alpha value is -2.89. The van der Waals surface area contributed by atoms with Crippen LogP contribution < -0.4 is 16.0 Å². The van der Waals surface area contributed by atoms with E-state index in [9.17, 15) is 9.59 Å². The number of aryl methyl sites for hydroxylation is 1. The maximum atomic E-state index is 11.7. The second-order valence-electron chi connectivity index (χ2n) is 4.74. The predicted molar refractivity (Wildman–Crippen MR) is 85.7 cm³/mol. The van der Waals surface area contributed by atoms with E-state index in [0.717, 1.165) is 11.3 Å². The van der Waals surface area contributed by atoms with E-state index in [1.807, 2.05) is 37.3 Å². The van der Waals surface area contributed by atoms with Gasteiger partial charge in [-0.25, -0.2) is 4.79 Å². The van der Waals surface area contributed by atoms with Crippen LogP contribution in [0.5, 0.6) is 0 Å². The maximum Gasteiger partial charge on any atom is 0.319 e. The lowest BCUT2D eigenvalue weighted by atomic mass is 10.2. The molecule has 0 spiro atoms. The van der Waals surface area contributed by atoms with E-state index in [0.29, 0.717) is 5.69 Å². The molecule has 0 fully saturated rings. The summed E-state index contributed by atoms with van der Waals surface area (Å²) in [4.78, 5) is 27.4. The van der Waals surface area contributed by atoms with Crippen LogP contribution in [0.3, 0.4) is 0 Å². The van der Waals surface area contributed by atoms with Crippen molar-refractivity contribution in [2.75, 3.05) is 17.2 Å². The van der Waals surface area contributed by atoms with Gasteiger partial charge in [0.05, 0.1) is 0 Å². The molecule has 0 unspecified atom stereocenters. The number of nitrogens with zero attached hydrogens (tertiary/aromatic N) is 1. The third kappa shape index (κ3) is 4.90. The zero-order valence-electron chi connectivity index (χ0n) is 12.3. The van der Waals surface area contributed by atoms with Crippen LogP contribution in [-0.2, 0) is 4.79 Å². The average Bonchev–Trinajstić information content (AvgIpc) is 2.50. The van der Waals surface area contributed by atoms with E-state index in [-0.39, 0.29) is 24.9 Å². The third-order valence-electron chi connectivity index (χ3n) is 2.96. The average molecular weight is 298 g/mol. The molecule has 6 nitrogen and oxygen atoms in total. The van der Waals surface area contributed by atoms with Crippen LogP contribution >= 0.6 is 0 Å². The minimum absolute atomic E-state index is 0.147. The fourth-order valence-electron chi connectivity index (χ4n) is 1.81. The lowest BCUT2D eigenvalue weighted by Gasteiger charge is -2.09. The van der Waals surface area contributed by atoms with Gasteiger partial charge in [-0.3, -0.25) is 9.78 Å². The first kappa shape index (κ1) is 15.5. The highest BCUT2D eigenvalue weighted by atomic mass is 16.2. The van der Waals surface area contributed by atoms with Gasteiger partial charge in [0.1, 0.15) is 0 Å². The third-order valence-corrected chi connectivity index (χ3v) is 2.96. The molecule has 114 valence electrons. The number of hydrogen-bond acceptors (Lipinski definition) is 3. The van der Waals surface area contributed by atoms with Crippen molar-refractivity contribution in [3.05, 3.63) is 54.4 Å². The second kappa shape index (κ2) is 7.78. The summed E-state index contributed by atoms with van der Waals surface area (Å²) in [5.41, 5.74) is 2.31. The number of amides is 3. The minimum atomic E-state index is -0.346. The van der Waals surface area contributed by atoms with Crippen molar-refractivity contribution in [1.29, 1.82) is 0 Å². The molecular weight excluding hydrogens is 280 g/mol. The van der Waals surface area contributed by atoms with Crippen LogP contribution in [0, 0.1) is 6.92 Å². The highest BCUT2D eigenvalue weighted by Crippen LogP contribution is 2.10. The number of carbonyl (C=O) groups is 2. The van der Waals surface area contributed by atoms with Gasteiger partial charge < -0.3 is 16.0 Å². The summed E-state index contributed by atoms with van der Waals surface area (Å²) in [7, 11) is 0. The number of aromatic nitrogens is 1. The van der Waals surface area contributed by atoms with E-state index in [2.05, 4.69) is 20.9 Å². The quantitative estimate of drug-likeness (QED) is 0.793. The lowest BCUT2D eigenvalue weighted by molar-refractivity contribution is -0.116. The lowest BCUT2D eigenvalue weighted by Crippen LogP contribution is -2.31. The molecule has 0 aliphatic rings. The number of rotatable bonds is 5. The number of para-hydroxylation sites is 1. The number of pyridine rings is 1. The molecule has 1 aromatic heterocycles. The number of anilines is 2. The molecule has 6 heteroatoms. The Kier molecular flexibility index (Phi) is 5.48. The molecule has 3 N–H and O–H groups in total. The molecule has 2 rings (SSSR count). The summed E-state index contributed by atoms with van der Waals surface area (Å²) in [5, 5.41) is 8.11. The monoisotopic (exact) mass is 298 g/mol. The first-order valence-electron chi connectivity index (χ1n) is 6.95. The predicted octanol–water partition coefficient (Wildman–Crippen LogP) is 2.54. The molecule has 0 bridgehead atoms. The summed E-state index contributed by atoms with van der Waals surface area (Å²) < 4.78 is 0. The molecule has 0 saturated carbocycles. The second-order valence-corrected chi connectivity index (χ2v) is 4.74. The molecule has 1 aromatic carbocycles. The topological polar surface area (TPSA) is 83.1 Å². The Balaban J connectivity index is 1.71. The van der Waals surface area contributed by atoms with E-state index < -0.39 is 0 Å². The smallest absolute Gasteiger partial charge is 0.319 e. The molecule has 1 heterocycles. The maximum absolute atomic E-state index is 11.7. The van der Waals surface area contributed by atoms with Gasteiger partial charge in [0.2, 0.25) is 5.91 Å². The highest BCUT2D eigenvalue weighted by molar-refractivity contribution is 5.92. The normalized spacial score (nSPS) is 9.86. The highest BCUT2D eigenvalue weighted by Gasteiger charge is 2.06. The molecule has 0 radical (unpaired) electrons. The number of urea groups is 1. The largest absolute Gasteiger partial charge is 0.337 e. The van der Waals surface area contributed by atoms with Crippen LogP contribution in [0.4, 0.5) is 16.2 Å². The van der Waals surface area contributed by atoms with Gasteiger partial charge in [0, 0.05) is 36.7 Å². The molecular formula is C16H18N4O2. The number of carbonyl (C=O) groups excluding carboxylic acids is 2. The molecule has 3 amide bonds. The number of nitrogens with one attached hydrogen (secondary N) is 3.